The van der Waals surface area contributed by atoms with Crippen molar-refractivity contribution in [3.05, 3.63) is 29.8 Å². The van der Waals surface area contributed by atoms with Gasteiger partial charge in [-0.15, -0.1) is 0 Å². The molecule has 1 aliphatic carbocycles. The molecule has 1 aliphatic rings. The minimum absolute atomic E-state index is 0.169. The Hall–Kier alpha value is -1.92. The van der Waals surface area contributed by atoms with Gasteiger partial charge in [-0.2, -0.15) is 13.2 Å². The maximum Gasteiger partial charge on any atom is 0.416 e. The number of nitrogens with one attached hydrogen (secondary N) is 1. The minimum atomic E-state index is -4.33. The van der Waals surface area contributed by atoms with Crippen LogP contribution in [0.15, 0.2) is 24.3 Å². The van der Waals surface area contributed by atoms with Gasteiger partial charge in [-0.1, -0.05) is 0 Å². The fourth-order valence-electron chi connectivity index (χ4n) is 1.68. The topological polar surface area (TPSA) is 58.6 Å². The zero-order valence-electron chi connectivity index (χ0n) is 13.4. The number of carbonyl (C=O) groups is 1. The van der Waals surface area contributed by atoms with Crippen molar-refractivity contribution in [2.24, 2.45) is 0 Å². The van der Waals surface area contributed by atoms with Crippen LogP contribution in [-0.4, -0.2) is 22.8 Å². The van der Waals surface area contributed by atoms with Gasteiger partial charge in [-0.3, -0.25) is 0 Å². The first kappa shape index (κ1) is 19.1. The molecule has 2 N–H and O–H groups in total. The number of halogens is 3. The fourth-order valence-corrected chi connectivity index (χ4v) is 1.68. The highest BCUT2D eigenvalue weighted by Crippen LogP contribution is 2.29. The van der Waals surface area contributed by atoms with Gasteiger partial charge in [0.1, 0.15) is 11.4 Å². The highest BCUT2D eigenvalue weighted by atomic mass is 19.4. The number of benzene rings is 1. The molecule has 130 valence electrons. The van der Waals surface area contributed by atoms with Crippen molar-refractivity contribution < 1.29 is 27.8 Å². The number of carbonyl (C=O) groups excluding carboxylic acids is 1. The van der Waals surface area contributed by atoms with Crippen LogP contribution in [0.2, 0.25) is 0 Å². The van der Waals surface area contributed by atoms with Gasteiger partial charge in [0, 0.05) is 6.04 Å². The van der Waals surface area contributed by atoms with Gasteiger partial charge in [-0.05, 0) is 64.3 Å². The Morgan fingerprint density at radius 1 is 1.17 bits per heavy atom. The second-order valence-corrected chi connectivity index (χ2v) is 6.32. The fraction of sp³-hybridized carbons (Fsp3) is 0.562. The molecule has 4 nitrogen and oxygen atoms in total. The molecule has 7 heteroatoms. The molecule has 1 amide bonds. The maximum absolute atomic E-state index is 11.8. The van der Waals surface area contributed by atoms with Crippen molar-refractivity contribution in [1.82, 2.24) is 5.32 Å². The zero-order valence-corrected chi connectivity index (χ0v) is 13.4. The lowest BCUT2D eigenvalue weighted by Crippen LogP contribution is -2.42. The van der Waals surface area contributed by atoms with Gasteiger partial charge in [0.2, 0.25) is 0 Å². The van der Waals surface area contributed by atoms with Crippen LogP contribution in [0.4, 0.5) is 18.0 Å². The highest BCUT2D eigenvalue weighted by Gasteiger charge is 2.29. The van der Waals surface area contributed by atoms with Gasteiger partial charge < -0.3 is 15.2 Å². The summed E-state index contributed by atoms with van der Waals surface area (Å²) in [4.78, 5) is 11.1. The molecule has 1 fully saturated rings. The largest absolute Gasteiger partial charge is 0.508 e. The summed E-state index contributed by atoms with van der Waals surface area (Å²) in [5.41, 5.74) is -1.14. The first-order valence-electron chi connectivity index (χ1n) is 7.33. The summed E-state index contributed by atoms with van der Waals surface area (Å²) in [6, 6.07) is 4.02. The van der Waals surface area contributed by atoms with E-state index < -0.39 is 11.7 Å². The average Bonchev–Trinajstić information content (AvgIpc) is 2.32. The van der Waals surface area contributed by atoms with Crippen molar-refractivity contribution in [2.75, 3.05) is 0 Å². The third-order valence-corrected chi connectivity index (χ3v) is 3.02. The number of aromatic hydroxyl groups is 1. The van der Waals surface area contributed by atoms with Crippen LogP contribution >= 0.6 is 0 Å². The second kappa shape index (κ2) is 7.57. The number of amides is 1. The van der Waals surface area contributed by atoms with Crippen LogP contribution < -0.4 is 5.32 Å². The van der Waals surface area contributed by atoms with Gasteiger partial charge in [-0.25, -0.2) is 4.79 Å². The first-order valence-corrected chi connectivity index (χ1v) is 7.33. The van der Waals surface area contributed by atoms with Crippen molar-refractivity contribution in [3.8, 4) is 5.75 Å². The van der Waals surface area contributed by atoms with Crippen LogP contribution in [-0.2, 0) is 10.9 Å². The van der Waals surface area contributed by atoms with Gasteiger partial charge in [0.25, 0.3) is 0 Å². The summed E-state index contributed by atoms with van der Waals surface area (Å²) in [7, 11) is 0. The Labute approximate surface area is 133 Å². The predicted molar refractivity (Wildman–Crippen MR) is 80.1 cm³/mol. The van der Waals surface area contributed by atoms with E-state index in [0.717, 1.165) is 37.1 Å². The van der Waals surface area contributed by atoms with E-state index in [9.17, 15) is 18.0 Å². The maximum atomic E-state index is 11.8. The molecule has 0 bridgehead atoms. The molecule has 0 heterocycles. The summed E-state index contributed by atoms with van der Waals surface area (Å²) in [5, 5.41) is 11.5. The molecule has 0 unspecified atom stereocenters. The molecule has 0 spiro atoms. The molecular formula is C16H22F3NO3. The molecule has 0 saturated heterocycles. The van der Waals surface area contributed by atoms with Crippen molar-refractivity contribution in [1.29, 1.82) is 0 Å². The van der Waals surface area contributed by atoms with E-state index >= 15 is 0 Å². The van der Waals surface area contributed by atoms with E-state index in [1.165, 1.54) is 6.42 Å². The van der Waals surface area contributed by atoms with Gasteiger partial charge in [0.15, 0.2) is 0 Å². The Bertz CT molecular complexity index is 503. The lowest BCUT2D eigenvalue weighted by atomic mass is 9.93. The molecule has 0 radical (unpaired) electrons. The molecule has 0 aliphatic heterocycles. The van der Waals surface area contributed by atoms with Crippen LogP contribution in [0.25, 0.3) is 0 Å². The number of phenolic OH excluding ortho intramolecular Hbond substituents is 1. The lowest BCUT2D eigenvalue weighted by Gasteiger charge is -2.28. The van der Waals surface area contributed by atoms with Crippen LogP contribution in [0.3, 0.4) is 0 Å². The van der Waals surface area contributed by atoms with Gasteiger partial charge in [0.05, 0.1) is 5.56 Å². The van der Waals surface area contributed by atoms with Crippen LogP contribution in [0.5, 0.6) is 5.75 Å². The number of phenols is 1. The molecule has 1 aromatic carbocycles. The number of ether oxygens (including phenoxy) is 1. The van der Waals surface area contributed by atoms with E-state index in [1.54, 1.807) is 0 Å². The Morgan fingerprint density at radius 2 is 1.70 bits per heavy atom. The second-order valence-electron chi connectivity index (χ2n) is 6.32. The highest BCUT2D eigenvalue weighted by molar-refractivity contribution is 5.68. The molecule has 1 aromatic rings. The van der Waals surface area contributed by atoms with E-state index in [2.05, 4.69) is 5.32 Å². The summed E-state index contributed by atoms with van der Waals surface area (Å²) >= 11 is 0. The minimum Gasteiger partial charge on any atom is -0.508 e. The average molecular weight is 333 g/mol. The molecule has 1 saturated carbocycles. The third kappa shape index (κ3) is 7.76. The smallest absolute Gasteiger partial charge is 0.416 e. The summed E-state index contributed by atoms with van der Waals surface area (Å²) in [5.74, 6) is -0.169. The first-order chi connectivity index (χ1) is 10.5. The molecule has 23 heavy (non-hydrogen) atoms. The summed E-state index contributed by atoms with van der Waals surface area (Å²) < 4.78 is 40.6. The number of hydrogen-bond acceptors (Lipinski definition) is 3. The van der Waals surface area contributed by atoms with Crippen LogP contribution in [0.1, 0.15) is 45.6 Å². The lowest BCUT2D eigenvalue weighted by molar-refractivity contribution is -0.137. The number of alkyl halides is 3. The van der Waals surface area contributed by atoms with Crippen molar-refractivity contribution >= 4 is 6.09 Å². The normalized spacial score (nSPS) is 15.0. The molecule has 0 aromatic heterocycles. The van der Waals surface area contributed by atoms with Crippen molar-refractivity contribution in [3.63, 3.8) is 0 Å². The van der Waals surface area contributed by atoms with E-state index in [-0.39, 0.29) is 17.4 Å². The molecule has 2 rings (SSSR count). The number of hydrogen-bond donors (Lipinski definition) is 2. The van der Waals surface area contributed by atoms with E-state index in [0.29, 0.717) is 6.04 Å². The Balaban J connectivity index is 0.000000231. The monoisotopic (exact) mass is 333 g/mol. The Morgan fingerprint density at radius 3 is 2.04 bits per heavy atom. The summed E-state index contributed by atoms with van der Waals surface area (Å²) in [6.45, 7) is 5.61. The van der Waals surface area contributed by atoms with Crippen LogP contribution in [0, 0.1) is 0 Å². The molecule has 0 atom stereocenters. The third-order valence-electron chi connectivity index (χ3n) is 3.02. The van der Waals surface area contributed by atoms with E-state index in [4.69, 9.17) is 9.84 Å². The Kier molecular flexibility index (Phi) is 6.29. The standard InChI is InChI=1S/C9H17NO2.C7H5F3O/c1-9(2,3)12-8(11)10-7-5-4-6-7;8-7(9,10)5-1-3-6(11)4-2-5/h7H,4-6H2,1-3H3,(H,10,11);1-4,11H. The number of rotatable bonds is 1. The van der Waals surface area contributed by atoms with E-state index in [1.807, 2.05) is 20.8 Å². The zero-order chi connectivity index (χ0) is 17.7. The predicted octanol–water partition coefficient (Wildman–Crippen LogP) is 4.47. The van der Waals surface area contributed by atoms with Gasteiger partial charge >= 0.3 is 12.3 Å². The van der Waals surface area contributed by atoms with Crippen molar-refractivity contribution in [2.45, 2.75) is 57.9 Å². The molecular weight excluding hydrogens is 311 g/mol. The SMILES string of the molecule is CC(C)(C)OC(=O)NC1CCC1.Oc1ccc(C(F)(F)F)cc1. The summed E-state index contributed by atoms with van der Waals surface area (Å²) in [6.07, 6.45) is -1.20. The number of alkyl carbamates (subject to hydrolysis) is 1. The quantitative estimate of drug-likeness (QED) is 0.797.